The Kier molecular flexibility index (Phi) is 3.51. The van der Waals surface area contributed by atoms with Crippen LogP contribution in [-0.2, 0) is 0 Å². The second-order valence-electron chi connectivity index (χ2n) is 4.89. The summed E-state index contributed by atoms with van der Waals surface area (Å²) in [6.45, 7) is 2.05. The summed E-state index contributed by atoms with van der Waals surface area (Å²) in [6, 6.07) is 8.61. The van der Waals surface area contributed by atoms with Crippen LogP contribution < -0.4 is 15.4 Å². The molecule has 0 spiro atoms. The number of nitrogens with zero attached hydrogens (tertiary/aromatic N) is 1. The molecular weight excluding hydrogens is 238 g/mol. The van der Waals surface area contributed by atoms with Gasteiger partial charge in [0.25, 0.3) is 0 Å². The lowest BCUT2D eigenvalue weighted by Gasteiger charge is -2.14. The Morgan fingerprint density at radius 2 is 2.32 bits per heavy atom. The zero-order valence-electron chi connectivity index (χ0n) is 11.1. The molecule has 4 nitrogen and oxygen atoms in total. The average Bonchev–Trinajstić information content (AvgIpc) is 2.97. The molecule has 100 valence electrons. The number of pyridine rings is 1. The van der Waals surface area contributed by atoms with Crippen LogP contribution in [0.1, 0.15) is 12.8 Å². The third-order valence-corrected chi connectivity index (χ3v) is 3.66. The molecule has 1 atom stereocenters. The van der Waals surface area contributed by atoms with Crippen molar-refractivity contribution in [3.63, 3.8) is 0 Å². The van der Waals surface area contributed by atoms with Crippen LogP contribution in [0.25, 0.3) is 10.8 Å². The average molecular weight is 257 g/mol. The molecule has 0 saturated carbocycles. The van der Waals surface area contributed by atoms with Gasteiger partial charge in [-0.25, -0.2) is 4.98 Å². The zero-order valence-corrected chi connectivity index (χ0v) is 11.1. The normalized spacial score (nSPS) is 18.7. The van der Waals surface area contributed by atoms with Crippen molar-refractivity contribution in [1.29, 1.82) is 0 Å². The van der Waals surface area contributed by atoms with E-state index < -0.39 is 0 Å². The summed E-state index contributed by atoms with van der Waals surface area (Å²) < 4.78 is 5.39. The minimum atomic E-state index is 0.558. The van der Waals surface area contributed by atoms with Gasteiger partial charge in [0.15, 0.2) is 0 Å². The molecule has 3 rings (SSSR count). The number of aromatic nitrogens is 1. The van der Waals surface area contributed by atoms with Crippen LogP contribution in [-0.4, -0.2) is 31.2 Å². The first-order valence-corrected chi connectivity index (χ1v) is 6.77. The number of hydrogen-bond acceptors (Lipinski definition) is 4. The fourth-order valence-electron chi connectivity index (χ4n) is 2.65. The van der Waals surface area contributed by atoms with Crippen LogP contribution in [0, 0.1) is 0 Å². The molecule has 0 aliphatic carbocycles. The van der Waals surface area contributed by atoms with E-state index in [0.717, 1.165) is 35.4 Å². The molecule has 1 aromatic heterocycles. The van der Waals surface area contributed by atoms with Crippen molar-refractivity contribution in [3.8, 4) is 5.75 Å². The molecule has 1 fully saturated rings. The van der Waals surface area contributed by atoms with Gasteiger partial charge < -0.3 is 15.4 Å². The standard InChI is InChI=1S/C15H19N3O/c1-19-14-6-2-5-13-12(14)7-9-17-15(13)18-10-11-4-3-8-16-11/h2,5-7,9,11,16H,3-4,8,10H2,1H3,(H,17,18). The minimum Gasteiger partial charge on any atom is -0.496 e. The highest BCUT2D eigenvalue weighted by Crippen LogP contribution is 2.28. The molecule has 0 radical (unpaired) electrons. The molecule has 1 saturated heterocycles. The summed E-state index contributed by atoms with van der Waals surface area (Å²) in [6.07, 6.45) is 4.33. The van der Waals surface area contributed by atoms with E-state index in [1.807, 2.05) is 24.4 Å². The number of nitrogens with one attached hydrogen (secondary N) is 2. The maximum Gasteiger partial charge on any atom is 0.134 e. The van der Waals surface area contributed by atoms with Crippen LogP contribution >= 0.6 is 0 Å². The van der Waals surface area contributed by atoms with E-state index in [9.17, 15) is 0 Å². The van der Waals surface area contributed by atoms with Gasteiger partial charge in [0.05, 0.1) is 7.11 Å². The Morgan fingerprint density at radius 3 is 3.11 bits per heavy atom. The predicted molar refractivity (Wildman–Crippen MR) is 77.8 cm³/mol. The number of fused-ring (bicyclic) bond motifs is 1. The Morgan fingerprint density at radius 1 is 1.37 bits per heavy atom. The molecule has 19 heavy (non-hydrogen) atoms. The highest BCUT2D eigenvalue weighted by atomic mass is 16.5. The first-order valence-electron chi connectivity index (χ1n) is 6.77. The topological polar surface area (TPSA) is 46.2 Å². The highest BCUT2D eigenvalue weighted by Gasteiger charge is 2.14. The maximum atomic E-state index is 5.39. The molecule has 2 N–H and O–H groups in total. The third-order valence-electron chi connectivity index (χ3n) is 3.66. The smallest absolute Gasteiger partial charge is 0.134 e. The Labute approximate surface area is 113 Å². The van der Waals surface area contributed by atoms with E-state index in [-0.39, 0.29) is 0 Å². The Balaban J connectivity index is 1.86. The van der Waals surface area contributed by atoms with E-state index in [1.165, 1.54) is 12.8 Å². The minimum absolute atomic E-state index is 0.558. The van der Waals surface area contributed by atoms with Crippen molar-refractivity contribution in [1.82, 2.24) is 10.3 Å². The second-order valence-corrected chi connectivity index (χ2v) is 4.89. The molecule has 1 aliphatic heterocycles. The third kappa shape index (κ3) is 2.49. The summed E-state index contributed by atoms with van der Waals surface area (Å²) >= 11 is 0. The van der Waals surface area contributed by atoms with Gasteiger partial charge in [-0.05, 0) is 31.5 Å². The number of ether oxygens (including phenoxy) is 1. The molecular formula is C15H19N3O. The van der Waals surface area contributed by atoms with Gasteiger partial charge in [0.2, 0.25) is 0 Å². The fraction of sp³-hybridized carbons (Fsp3) is 0.400. The molecule has 0 amide bonds. The lowest BCUT2D eigenvalue weighted by atomic mass is 10.1. The van der Waals surface area contributed by atoms with E-state index in [1.54, 1.807) is 7.11 Å². The fourth-order valence-corrected chi connectivity index (χ4v) is 2.65. The monoisotopic (exact) mass is 257 g/mol. The Bertz CT molecular complexity index is 564. The van der Waals surface area contributed by atoms with Gasteiger partial charge in [-0.15, -0.1) is 0 Å². The summed E-state index contributed by atoms with van der Waals surface area (Å²) in [5.41, 5.74) is 0. The number of methoxy groups -OCH3 is 1. The molecule has 1 aliphatic rings. The number of benzene rings is 1. The van der Waals surface area contributed by atoms with Crippen molar-refractivity contribution in [2.75, 3.05) is 25.5 Å². The van der Waals surface area contributed by atoms with Crippen LogP contribution in [0.5, 0.6) is 5.75 Å². The van der Waals surface area contributed by atoms with Gasteiger partial charge in [-0.1, -0.05) is 12.1 Å². The summed E-state index contributed by atoms with van der Waals surface area (Å²) in [4.78, 5) is 4.45. The van der Waals surface area contributed by atoms with Crippen LogP contribution in [0.4, 0.5) is 5.82 Å². The van der Waals surface area contributed by atoms with Crippen molar-refractivity contribution in [2.45, 2.75) is 18.9 Å². The van der Waals surface area contributed by atoms with Gasteiger partial charge in [-0.2, -0.15) is 0 Å². The summed E-state index contributed by atoms with van der Waals surface area (Å²) in [5, 5.41) is 9.14. The van der Waals surface area contributed by atoms with Gasteiger partial charge in [-0.3, -0.25) is 0 Å². The maximum absolute atomic E-state index is 5.39. The van der Waals surface area contributed by atoms with Gasteiger partial charge in [0, 0.05) is 29.6 Å². The lowest BCUT2D eigenvalue weighted by Crippen LogP contribution is -2.29. The predicted octanol–water partition coefficient (Wildman–Crippen LogP) is 2.41. The quantitative estimate of drug-likeness (QED) is 0.883. The largest absolute Gasteiger partial charge is 0.496 e. The first-order chi connectivity index (χ1) is 9.38. The van der Waals surface area contributed by atoms with Gasteiger partial charge in [0.1, 0.15) is 11.6 Å². The highest BCUT2D eigenvalue weighted by molar-refractivity contribution is 5.95. The zero-order chi connectivity index (χ0) is 13.1. The molecule has 2 aromatic rings. The van der Waals surface area contributed by atoms with E-state index in [0.29, 0.717) is 6.04 Å². The molecule has 2 heterocycles. The first kappa shape index (κ1) is 12.2. The molecule has 1 aromatic carbocycles. The SMILES string of the molecule is COc1cccc2c(NCC3CCCN3)nccc12. The van der Waals surface area contributed by atoms with Crippen LogP contribution in [0.3, 0.4) is 0 Å². The number of anilines is 1. The van der Waals surface area contributed by atoms with Crippen molar-refractivity contribution >= 4 is 16.6 Å². The second kappa shape index (κ2) is 5.45. The van der Waals surface area contributed by atoms with E-state index in [4.69, 9.17) is 4.74 Å². The summed E-state index contributed by atoms with van der Waals surface area (Å²) in [5.74, 6) is 1.83. The van der Waals surface area contributed by atoms with Gasteiger partial charge >= 0.3 is 0 Å². The molecule has 4 heteroatoms. The number of rotatable bonds is 4. The Hall–Kier alpha value is -1.81. The van der Waals surface area contributed by atoms with E-state index in [2.05, 4.69) is 21.7 Å². The van der Waals surface area contributed by atoms with Crippen LogP contribution in [0.2, 0.25) is 0 Å². The molecule has 0 bridgehead atoms. The number of hydrogen-bond donors (Lipinski definition) is 2. The van der Waals surface area contributed by atoms with Crippen LogP contribution in [0.15, 0.2) is 30.5 Å². The van der Waals surface area contributed by atoms with E-state index >= 15 is 0 Å². The molecule has 1 unspecified atom stereocenters. The lowest BCUT2D eigenvalue weighted by molar-refractivity contribution is 0.420. The van der Waals surface area contributed by atoms with Crippen molar-refractivity contribution < 1.29 is 4.74 Å². The summed E-state index contributed by atoms with van der Waals surface area (Å²) in [7, 11) is 1.70. The van der Waals surface area contributed by atoms with Crippen molar-refractivity contribution in [2.24, 2.45) is 0 Å². The van der Waals surface area contributed by atoms with Crippen molar-refractivity contribution in [3.05, 3.63) is 30.5 Å².